The fraction of sp³-hybridized carbons (Fsp3) is 0.632. The van der Waals surface area contributed by atoms with Crippen LogP contribution in [0.2, 0.25) is 0 Å². The molecule has 2 rings (SSSR count). The van der Waals surface area contributed by atoms with Crippen molar-refractivity contribution >= 4 is 11.6 Å². The Bertz CT molecular complexity index is 509. The van der Waals surface area contributed by atoms with Crippen molar-refractivity contribution in [1.29, 1.82) is 0 Å². The molecular weight excluding hydrogens is 286 g/mol. The first-order chi connectivity index (χ1) is 11.0. The van der Waals surface area contributed by atoms with Gasteiger partial charge in [0, 0.05) is 12.2 Å². The van der Waals surface area contributed by atoms with Gasteiger partial charge in [-0.05, 0) is 62.7 Å². The second kappa shape index (κ2) is 8.34. The summed E-state index contributed by atoms with van der Waals surface area (Å²) in [5.41, 5.74) is 8.29. The van der Waals surface area contributed by atoms with E-state index in [0.29, 0.717) is 11.8 Å². The number of benzene rings is 1. The third-order valence-corrected chi connectivity index (χ3v) is 4.77. The lowest BCUT2D eigenvalue weighted by Crippen LogP contribution is -2.46. The predicted molar refractivity (Wildman–Crippen MR) is 96.7 cm³/mol. The van der Waals surface area contributed by atoms with Crippen LogP contribution in [0.5, 0.6) is 0 Å². The summed E-state index contributed by atoms with van der Waals surface area (Å²) in [4.78, 5) is 14.3. The maximum Gasteiger partial charge on any atom is 0.240 e. The number of carbonyl (C=O) groups excluding carboxylic acids is 1. The van der Waals surface area contributed by atoms with Crippen molar-refractivity contribution in [2.45, 2.75) is 52.0 Å². The van der Waals surface area contributed by atoms with Crippen LogP contribution < -0.4 is 16.0 Å². The minimum absolute atomic E-state index is 0.222. The molecule has 1 fully saturated rings. The van der Waals surface area contributed by atoms with E-state index < -0.39 is 0 Å². The minimum atomic E-state index is -0.233. The van der Waals surface area contributed by atoms with Gasteiger partial charge in [0.2, 0.25) is 5.91 Å². The van der Waals surface area contributed by atoms with Crippen LogP contribution in [-0.2, 0) is 4.79 Å². The van der Waals surface area contributed by atoms with E-state index in [4.69, 9.17) is 5.73 Å². The van der Waals surface area contributed by atoms with E-state index in [1.165, 1.54) is 11.3 Å². The van der Waals surface area contributed by atoms with E-state index in [9.17, 15) is 4.79 Å². The second-order valence-corrected chi connectivity index (χ2v) is 6.92. The molecule has 1 aliphatic rings. The molecule has 1 aliphatic heterocycles. The molecule has 1 aromatic rings. The number of piperidine rings is 1. The van der Waals surface area contributed by atoms with Gasteiger partial charge in [0.15, 0.2) is 0 Å². The van der Waals surface area contributed by atoms with Crippen LogP contribution in [0.15, 0.2) is 24.3 Å². The largest absolute Gasteiger partial charge is 0.368 e. The zero-order valence-corrected chi connectivity index (χ0v) is 14.7. The van der Waals surface area contributed by atoms with Crippen LogP contribution in [0, 0.1) is 5.92 Å². The molecule has 1 atom stereocenters. The van der Waals surface area contributed by atoms with E-state index in [2.05, 4.69) is 55.3 Å². The summed E-state index contributed by atoms with van der Waals surface area (Å²) in [6.45, 7) is 9.31. The zero-order chi connectivity index (χ0) is 16.8. The van der Waals surface area contributed by atoms with E-state index in [0.717, 1.165) is 38.9 Å². The van der Waals surface area contributed by atoms with Crippen molar-refractivity contribution in [2.75, 3.05) is 24.5 Å². The smallest absolute Gasteiger partial charge is 0.240 e. The molecule has 1 aromatic carbocycles. The van der Waals surface area contributed by atoms with E-state index >= 15 is 0 Å². The van der Waals surface area contributed by atoms with Gasteiger partial charge in [-0.3, -0.25) is 4.79 Å². The highest BCUT2D eigenvalue weighted by Crippen LogP contribution is 2.34. The van der Waals surface area contributed by atoms with E-state index in [-0.39, 0.29) is 11.9 Å². The molecule has 1 amide bonds. The molecule has 0 bridgehead atoms. The number of rotatable bonds is 7. The lowest BCUT2D eigenvalue weighted by Gasteiger charge is -2.35. The predicted octanol–water partition coefficient (Wildman–Crippen LogP) is 2.88. The number of anilines is 1. The van der Waals surface area contributed by atoms with Crippen molar-refractivity contribution in [3.63, 3.8) is 0 Å². The molecule has 0 unspecified atom stereocenters. The van der Waals surface area contributed by atoms with Crippen LogP contribution in [0.1, 0.15) is 51.5 Å². The summed E-state index contributed by atoms with van der Waals surface area (Å²) >= 11 is 0. The van der Waals surface area contributed by atoms with Crippen LogP contribution in [-0.4, -0.2) is 31.6 Å². The van der Waals surface area contributed by atoms with Gasteiger partial charge in [0.1, 0.15) is 6.04 Å². The van der Waals surface area contributed by atoms with Gasteiger partial charge in [-0.25, -0.2) is 0 Å². The Balaban J connectivity index is 2.34. The summed E-state index contributed by atoms with van der Waals surface area (Å²) in [7, 11) is 0. The molecule has 4 heteroatoms. The Morgan fingerprint density at radius 2 is 1.96 bits per heavy atom. The normalized spacial score (nSPS) is 17.2. The van der Waals surface area contributed by atoms with Gasteiger partial charge >= 0.3 is 0 Å². The van der Waals surface area contributed by atoms with Crippen molar-refractivity contribution in [3.05, 3.63) is 29.8 Å². The number of nitrogens with zero attached hydrogens (tertiary/aromatic N) is 1. The summed E-state index contributed by atoms with van der Waals surface area (Å²) in [5.74, 6) is 0.780. The Labute approximate surface area is 140 Å². The fourth-order valence-electron chi connectivity index (χ4n) is 3.63. The van der Waals surface area contributed by atoms with Crippen LogP contribution in [0.3, 0.4) is 0 Å². The van der Waals surface area contributed by atoms with Gasteiger partial charge in [-0.2, -0.15) is 0 Å². The van der Waals surface area contributed by atoms with Crippen LogP contribution >= 0.6 is 0 Å². The van der Waals surface area contributed by atoms with Gasteiger partial charge < -0.3 is 16.0 Å². The average Bonchev–Trinajstić information content (AvgIpc) is 2.55. The lowest BCUT2D eigenvalue weighted by atomic mass is 9.88. The molecule has 128 valence electrons. The van der Waals surface area contributed by atoms with E-state index in [1.54, 1.807) is 0 Å². The first kappa shape index (κ1) is 17.8. The molecule has 0 saturated carbocycles. The molecule has 1 heterocycles. The minimum Gasteiger partial charge on any atom is -0.368 e. The second-order valence-electron chi connectivity index (χ2n) is 6.92. The third kappa shape index (κ3) is 4.47. The monoisotopic (exact) mass is 317 g/mol. The number of carbonyl (C=O) groups is 1. The quantitative estimate of drug-likeness (QED) is 0.813. The van der Waals surface area contributed by atoms with Gasteiger partial charge in [-0.15, -0.1) is 0 Å². The molecule has 0 radical (unpaired) electrons. The molecular formula is C19H31N3O. The summed E-state index contributed by atoms with van der Waals surface area (Å²) in [5, 5.41) is 3.43. The Morgan fingerprint density at radius 1 is 1.30 bits per heavy atom. The SMILES string of the molecule is CCN(c1ccccc1C1CCNCC1)[C@@H](CC(C)C)C(N)=O. The van der Waals surface area contributed by atoms with Crippen LogP contribution in [0.25, 0.3) is 0 Å². The summed E-state index contributed by atoms with van der Waals surface area (Å²) < 4.78 is 0. The third-order valence-electron chi connectivity index (χ3n) is 4.77. The number of hydrogen-bond donors (Lipinski definition) is 2. The molecule has 4 nitrogen and oxygen atoms in total. The molecule has 0 aromatic heterocycles. The van der Waals surface area contributed by atoms with Crippen molar-refractivity contribution < 1.29 is 4.79 Å². The number of amides is 1. The lowest BCUT2D eigenvalue weighted by molar-refractivity contribution is -0.119. The van der Waals surface area contributed by atoms with E-state index in [1.807, 2.05) is 0 Å². The first-order valence-electron chi connectivity index (χ1n) is 8.90. The Kier molecular flexibility index (Phi) is 6.46. The summed E-state index contributed by atoms with van der Waals surface area (Å²) in [6.07, 6.45) is 3.10. The number of primary amides is 1. The Morgan fingerprint density at radius 3 is 2.52 bits per heavy atom. The highest BCUT2D eigenvalue weighted by Gasteiger charge is 2.27. The number of para-hydroxylation sites is 1. The van der Waals surface area contributed by atoms with Gasteiger partial charge in [-0.1, -0.05) is 32.0 Å². The highest BCUT2D eigenvalue weighted by atomic mass is 16.1. The number of likely N-dealkylation sites (N-methyl/N-ethyl adjacent to an activating group) is 1. The zero-order valence-electron chi connectivity index (χ0n) is 14.7. The highest BCUT2D eigenvalue weighted by molar-refractivity contribution is 5.84. The summed E-state index contributed by atoms with van der Waals surface area (Å²) in [6, 6.07) is 8.31. The van der Waals surface area contributed by atoms with Crippen molar-refractivity contribution in [3.8, 4) is 0 Å². The first-order valence-corrected chi connectivity index (χ1v) is 8.90. The molecule has 0 spiro atoms. The Hall–Kier alpha value is -1.55. The van der Waals surface area contributed by atoms with Crippen molar-refractivity contribution in [1.82, 2.24) is 5.32 Å². The maximum absolute atomic E-state index is 12.1. The maximum atomic E-state index is 12.1. The topological polar surface area (TPSA) is 58.4 Å². The van der Waals surface area contributed by atoms with Gasteiger partial charge in [0.05, 0.1) is 0 Å². The average molecular weight is 317 g/mol. The number of nitrogens with two attached hydrogens (primary N) is 1. The van der Waals surface area contributed by atoms with Gasteiger partial charge in [0.25, 0.3) is 0 Å². The molecule has 1 saturated heterocycles. The fourth-order valence-corrected chi connectivity index (χ4v) is 3.63. The van der Waals surface area contributed by atoms with Crippen molar-refractivity contribution in [2.24, 2.45) is 11.7 Å². The number of nitrogens with one attached hydrogen (secondary N) is 1. The van der Waals surface area contributed by atoms with Crippen LogP contribution in [0.4, 0.5) is 5.69 Å². The standard InChI is InChI=1S/C19H31N3O/c1-4-22(18(19(20)23)13-14(2)3)17-8-6-5-7-16(17)15-9-11-21-12-10-15/h5-8,14-15,18,21H,4,9-13H2,1-3H3,(H2,20,23)/t18-/m0/s1. The molecule has 23 heavy (non-hydrogen) atoms. The number of hydrogen-bond acceptors (Lipinski definition) is 3. The molecule has 3 N–H and O–H groups in total. The molecule has 0 aliphatic carbocycles.